The molecule has 0 saturated heterocycles. The second kappa shape index (κ2) is 9.49. The van der Waals surface area contributed by atoms with Gasteiger partial charge in [-0.2, -0.15) is 0 Å². The molecule has 0 radical (unpaired) electrons. The van der Waals surface area contributed by atoms with Gasteiger partial charge in [0.05, 0.1) is 30.7 Å². The summed E-state index contributed by atoms with van der Waals surface area (Å²) in [6.07, 6.45) is 11.3. The van der Waals surface area contributed by atoms with Crippen LogP contribution in [0.2, 0.25) is 0 Å². The maximum Gasteiger partial charge on any atom is 0.271 e. The summed E-state index contributed by atoms with van der Waals surface area (Å²) in [5, 5.41) is 3.32. The van der Waals surface area contributed by atoms with E-state index in [1.165, 1.54) is 19.3 Å². The van der Waals surface area contributed by atoms with E-state index in [1.54, 1.807) is 17.4 Å². The molecule has 1 saturated carbocycles. The van der Waals surface area contributed by atoms with Gasteiger partial charge in [-0.3, -0.25) is 14.6 Å². The van der Waals surface area contributed by atoms with E-state index >= 15 is 0 Å². The Balaban J connectivity index is 1.49. The Labute approximate surface area is 200 Å². The van der Waals surface area contributed by atoms with Gasteiger partial charge in [-0.15, -0.1) is 0 Å². The standard InChI is InChI=1S/C27H32N4O3/c1-27(26(33)29-20-10-5-3-2-4-6-11-20)19-30-22(24-13-9-17-34-24)14-15-23(30)25(32)31(27)18-21-12-7-8-16-28-21/h7-9,12-17,20H,2-6,10-11,18-19H2,1H3,(H,29,33). The van der Waals surface area contributed by atoms with Crippen LogP contribution in [-0.2, 0) is 17.9 Å². The van der Waals surface area contributed by atoms with Crippen LogP contribution in [0.5, 0.6) is 0 Å². The molecular formula is C27H32N4O3. The van der Waals surface area contributed by atoms with Crippen LogP contribution in [0.3, 0.4) is 0 Å². The molecule has 7 heteroatoms. The van der Waals surface area contributed by atoms with Crippen LogP contribution >= 0.6 is 0 Å². The number of carbonyl (C=O) groups is 2. The lowest BCUT2D eigenvalue weighted by atomic mass is 9.92. The van der Waals surface area contributed by atoms with Crippen molar-refractivity contribution < 1.29 is 14.0 Å². The topological polar surface area (TPSA) is 80.4 Å². The lowest BCUT2D eigenvalue weighted by Crippen LogP contribution is -2.64. The molecule has 3 aromatic rings. The van der Waals surface area contributed by atoms with Crippen molar-refractivity contribution in [3.8, 4) is 11.5 Å². The summed E-state index contributed by atoms with van der Waals surface area (Å²) in [6.45, 7) is 2.50. The lowest BCUT2D eigenvalue weighted by molar-refractivity contribution is -0.134. The molecule has 5 rings (SSSR count). The van der Waals surface area contributed by atoms with E-state index in [2.05, 4.69) is 10.3 Å². The number of furan rings is 1. The molecule has 1 N–H and O–H groups in total. The number of amides is 2. The summed E-state index contributed by atoms with van der Waals surface area (Å²) in [5.74, 6) is 0.400. The van der Waals surface area contributed by atoms with Gasteiger partial charge in [0.15, 0.2) is 0 Å². The minimum Gasteiger partial charge on any atom is -0.463 e. The highest BCUT2D eigenvalue weighted by Gasteiger charge is 2.48. The highest BCUT2D eigenvalue weighted by molar-refractivity contribution is 6.00. The van der Waals surface area contributed by atoms with Crippen LogP contribution in [0.15, 0.2) is 59.3 Å². The molecule has 0 aromatic carbocycles. The van der Waals surface area contributed by atoms with Gasteiger partial charge in [0.1, 0.15) is 17.0 Å². The van der Waals surface area contributed by atoms with E-state index in [1.807, 2.05) is 54.0 Å². The van der Waals surface area contributed by atoms with E-state index < -0.39 is 5.54 Å². The number of rotatable bonds is 5. The largest absolute Gasteiger partial charge is 0.463 e. The van der Waals surface area contributed by atoms with Crippen molar-refractivity contribution in [2.45, 2.75) is 76.5 Å². The van der Waals surface area contributed by atoms with E-state index in [0.29, 0.717) is 18.0 Å². The summed E-state index contributed by atoms with van der Waals surface area (Å²) >= 11 is 0. The predicted octanol–water partition coefficient (Wildman–Crippen LogP) is 4.79. The van der Waals surface area contributed by atoms with Gasteiger partial charge in [-0.25, -0.2) is 0 Å². The van der Waals surface area contributed by atoms with Gasteiger partial charge < -0.3 is 19.2 Å². The van der Waals surface area contributed by atoms with Gasteiger partial charge >= 0.3 is 0 Å². The van der Waals surface area contributed by atoms with Crippen molar-refractivity contribution in [2.75, 3.05) is 0 Å². The molecule has 1 unspecified atom stereocenters. The zero-order chi connectivity index (χ0) is 23.5. The zero-order valence-corrected chi connectivity index (χ0v) is 19.7. The maximum atomic E-state index is 13.9. The molecule has 3 aromatic heterocycles. The molecule has 1 aliphatic carbocycles. The monoisotopic (exact) mass is 460 g/mol. The molecule has 4 heterocycles. The second-order valence-corrected chi connectivity index (χ2v) is 9.67. The molecule has 34 heavy (non-hydrogen) atoms. The van der Waals surface area contributed by atoms with Crippen molar-refractivity contribution in [3.63, 3.8) is 0 Å². The fourth-order valence-corrected chi connectivity index (χ4v) is 5.26. The Hall–Kier alpha value is -3.35. The highest BCUT2D eigenvalue weighted by Crippen LogP contribution is 2.34. The van der Waals surface area contributed by atoms with E-state index in [9.17, 15) is 9.59 Å². The number of hydrogen-bond donors (Lipinski definition) is 1. The first-order valence-electron chi connectivity index (χ1n) is 12.3. The molecule has 7 nitrogen and oxygen atoms in total. The first-order valence-corrected chi connectivity index (χ1v) is 12.3. The Kier molecular flexibility index (Phi) is 6.26. The van der Waals surface area contributed by atoms with Gasteiger partial charge in [-0.05, 0) is 56.2 Å². The van der Waals surface area contributed by atoms with E-state index in [-0.39, 0.29) is 24.4 Å². The molecule has 1 fully saturated rings. The van der Waals surface area contributed by atoms with Gasteiger partial charge in [0, 0.05) is 12.2 Å². The molecule has 2 aliphatic rings. The molecule has 0 spiro atoms. The first-order chi connectivity index (χ1) is 16.6. The number of fused-ring (bicyclic) bond motifs is 1. The number of nitrogens with zero attached hydrogens (tertiary/aromatic N) is 3. The van der Waals surface area contributed by atoms with Crippen LogP contribution in [0, 0.1) is 0 Å². The Morgan fingerprint density at radius 2 is 1.82 bits per heavy atom. The smallest absolute Gasteiger partial charge is 0.271 e. The zero-order valence-electron chi connectivity index (χ0n) is 19.7. The molecule has 1 aliphatic heterocycles. The summed E-state index contributed by atoms with van der Waals surface area (Å²) in [7, 11) is 0. The summed E-state index contributed by atoms with van der Waals surface area (Å²) in [4.78, 5) is 33.8. The third kappa shape index (κ3) is 4.27. The number of pyridine rings is 1. The Bertz CT molecular complexity index is 1130. The van der Waals surface area contributed by atoms with E-state index in [0.717, 1.165) is 37.1 Å². The minimum atomic E-state index is -1.07. The maximum absolute atomic E-state index is 13.9. The van der Waals surface area contributed by atoms with Crippen molar-refractivity contribution >= 4 is 11.8 Å². The number of nitrogens with one attached hydrogen (secondary N) is 1. The number of aromatic nitrogens is 2. The molecule has 1 atom stereocenters. The highest BCUT2D eigenvalue weighted by atomic mass is 16.3. The van der Waals surface area contributed by atoms with Crippen molar-refractivity contribution in [1.29, 1.82) is 0 Å². The molecule has 0 bridgehead atoms. The van der Waals surface area contributed by atoms with Crippen molar-refractivity contribution in [2.24, 2.45) is 0 Å². The van der Waals surface area contributed by atoms with Crippen LogP contribution in [0.4, 0.5) is 0 Å². The lowest BCUT2D eigenvalue weighted by Gasteiger charge is -2.44. The van der Waals surface area contributed by atoms with Crippen LogP contribution in [0.25, 0.3) is 11.5 Å². The average Bonchev–Trinajstić information content (AvgIpc) is 3.49. The summed E-state index contributed by atoms with van der Waals surface area (Å²) in [6, 6.07) is 13.2. The third-order valence-electron chi connectivity index (χ3n) is 7.26. The normalized spacial score (nSPS) is 21.6. The Morgan fingerprint density at radius 3 is 2.53 bits per heavy atom. The quantitative estimate of drug-likeness (QED) is 0.594. The van der Waals surface area contributed by atoms with Gasteiger partial charge in [0.2, 0.25) is 5.91 Å². The molecule has 178 valence electrons. The molecule has 2 amide bonds. The number of hydrogen-bond acceptors (Lipinski definition) is 4. The first kappa shape index (κ1) is 22.4. The summed E-state index contributed by atoms with van der Waals surface area (Å²) in [5.41, 5.74) is 1.05. The number of carbonyl (C=O) groups excluding carboxylic acids is 2. The minimum absolute atomic E-state index is 0.105. The molecular weight excluding hydrogens is 428 g/mol. The third-order valence-corrected chi connectivity index (χ3v) is 7.26. The van der Waals surface area contributed by atoms with Crippen molar-refractivity contribution in [3.05, 3.63) is 66.3 Å². The summed E-state index contributed by atoms with van der Waals surface area (Å²) < 4.78 is 7.55. The fraction of sp³-hybridized carbons (Fsp3) is 0.444. The van der Waals surface area contributed by atoms with Crippen molar-refractivity contribution in [1.82, 2.24) is 19.8 Å². The van der Waals surface area contributed by atoms with Crippen LogP contribution in [-0.4, -0.2) is 37.8 Å². The predicted molar refractivity (Wildman–Crippen MR) is 129 cm³/mol. The Morgan fingerprint density at radius 1 is 1.06 bits per heavy atom. The van der Waals surface area contributed by atoms with Gasteiger partial charge in [-0.1, -0.05) is 38.2 Å². The van der Waals surface area contributed by atoms with Crippen LogP contribution in [0.1, 0.15) is 68.1 Å². The van der Waals surface area contributed by atoms with Crippen LogP contribution < -0.4 is 5.32 Å². The average molecular weight is 461 g/mol. The van der Waals surface area contributed by atoms with E-state index in [4.69, 9.17) is 4.42 Å². The SMILES string of the molecule is CC1(C(=O)NC2CCCCCCC2)Cn2c(ccc2-c2ccco2)C(=O)N1Cc1ccccn1. The van der Waals surface area contributed by atoms with Gasteiger partial charge in [0.25, 0.3) is 5.91 Å². The second-order valence-electron chi connectivity index (χ2n) is 9.67. The fourth-order valence-electron chi connectivity index (χ4n) is 5.26.